The first kappa shape index (κ1) is 18.7. The van der Waals surface area contributed by atoms with Gasteiger partial charge in [-0.25, -0.2) is 12.7 Å². The molecule has 0 aliphatic rings. The molecular formula is C18H20N2O4S. The first-order valence-corrected chi connectivity index (χ1v) is 8.92. The number of nitrogens with zero attached hydrogens (tertiary/aromatic N) is 1. The maximum Gasteiger partial charge on any atom is 0.248 e. The van der Waals surface area contributed by atoms with Crippen molar-refractivity contribution in [2.24, 2.45) is 0 Å². The maximum absolute atomic E-state index is 12.0. The largest absolute Gasteiger partial charge is 0.497 e. The number of rotatable bonds is 6. The van der Waals surface area contributed by atoms with Crippen LogP contribution in [-0.4, -0.2) is 39.8 Å². The van der Waals surface area contributed by atoms with Gasteiger partial charge in [-0.15, -0.1) is 0 Å². The average molecular weight is 360 g/mol. The number of benzene rings is 2. The zero-order valence-corrected chi connectivity index (χ0v) is 15.1. The molecule has 0 aliphatic heterocycles. The number of methoxy groups -OCH3 is 1. The van der Waals surface area contributed by atoms with Crippen LogP contribution in [0.5, 0.6) is 5.75 Å². The highest BCUT2D eigenvalue weighted by molar-refractivity contribution is 7.89. The molecule has 0 unspecified atom stereocenters. The summed E-state index contributed by atoms with van der Waals surface area (Å²) >= 11 is 0. The summed E-state index contributed by atoms with van der Waals surface area (Å²) in [4.78, 5) is 12.1. The van der Waals surface area contributed by atoms with Crippen LogP contribution in [0.15, 0.2) is 59.5 Å². The molecule has 0 atom stereocenters. The normalized spacial score (nSPS) is 11.7. The molecule has 2 aromatic carbocycles. The van der Waals surface area contributed by atoms with Crippen LogP contribution in [0.1, 0.15) is 5.56 Å². The van der Waals surface area contributed by atoms with Gasteiger partial charge < -0.3 is 10.1 Å². The van der Waals surface area contributed by atoms with E-state index in [1.54, 1.807) is 25.3 Å². The molecular weight excluding hydrogens is 340 g/mol. The van der Waals surface area contributed by atoms with E-state index in [4.69, 9.17) is 4.74 Å². The molecule has 0 aliphatic carbocycles. The Morgan fingerprint density at radius 3 is 2.40 bits per heavy atom. The Bertz CT molecular complexity index is 872. The number of amides is 1. The topological polar surface area (TPSA) is 75.7 Å². The van der Waals surface area contributed by atoms with Crippen LogP contribution in [0.2, 0.25) is 0 Å². The lowest BCUT2D eigenvalue weighted by Gasteiger charge is -2.11. The predicted octanol–water partition coefficient (Wildman–Crippen LogP) is 2.60. The Labute approximate surface area is 147 Å². The molecule has 0 saturated heterocycles. The molecule has 0 heterocycles. The van der Waals surface area contributed by atoms with E-state index in [1.807, 2.05) is 24.3 Å². The van der Waals surface area contributed by atoms with E-state index in [9.17, 15) is 13.2 Å². The molecule has 1 N–H and O–H groups in total. The smallest absolute Gasteiger partial charge is 0.248 e. The van der Waals surface area contributed by atoms with E-state index < -0.39 is 10.0 Å². The maximum atomic E-state index is 12.0. The van der Waals surface area contributed by atoms with Gasteiger partial charge in [0.2, 0.25) is 15.9 Å². The number of hydrogen-bond donors (Lipinski definition) is 1. The SMILES string of the molecule is COc1cccc(/C=C/C(=O)Nc2ccc(S(=O)(=O)N(C)C)cc2)c1. The van der Waals surface area contributed by atoms with Crippen LogP contribution in [-0.2, 0) is 14.8 Å². The molecule has 0 bridgehead atoms. The van der Waals surface area contributed by atoms with E-state index in [-0.39, 0.29) is 10.8 Å². The van der Waals surface area contributed by atoms with Gasteiger partial charge in [-0.2, -0.15) is 0 Å². The Kier molecular flexibility index (Phi) is 5.95. The van der Waals surface area contributed by atoms with Gasteiger partial charge in [0.1, 0.15) is 5.75 Å². The molecule has 0 saturated carbocycles. The summed E-state index contributed by atoms with van der Waals surface area (Å²) in [6.07, 6.45) is 3.07. The van der Waals surface area contributed by atoms with Crippen molar-refractivity contribution in [3.05, 3.63) is 60.2 Å². The molecule has 6 nitrogen and oxygen atoms in total. The quantitative estimate of drug-likeness (QED) is 0.804. The van der Waals surface area contributed by atoms with Gasteiger partial charge in [-0.1, -0.05) is 12.1 Å². The van der Waals surface area contributed by atoms with E-state index in [0.29, 0.717) is 11.4 Å². The third-order valence-electron chi connectivity index (χ3n) is 3.42. The summed E-state index contributed by atoms with van der Waals surface area (Å²) in [6.45, 7) is 0. The van der Waals surface area contributed by atoms with Gasteiger partial charge in [0.25, 0.3) is 0 Å². The standard InChI is InChI=1S/C18H20N2O4S/c1-20(2)25(22,23)17-10-8-15(9-11-17)19-18(21)12-7-14-5-4-6-16(13-14)24-3/h4-13H,1-3H3,(H,19,21)/b12-7+. The van der Waals surface area contributed by atoms with Crippen molar-refractivity contribution in [3.63, 3.8) is 0 Å². The summed E-state index contributed by atoms with van der Waals surface area (Å²) in [5, 5.41) is 2.68. The van der Waals surface area contributed by atoms with Crippen LogP contribution in [0.3, 0.4) is 0 Å². The highest BCUT2D eigenvalue weighted by atomic mass is 32.2. The van der Waals surface area contributed by atoms with Crippen LogP contribution in [0, 0.1) is 0 Å². The lowest BCUT2D eigenvalue weighted by atomic mass is 10.2. The number of carbonyl (C=O) groups excluding carboxylic acids is 1. The first-order valence-electron chi connectivity index (χ1n) is 7.48. The summed E-state index contributed by atoms with van der Waals surface area (Å²) in [5.41, 5.74) is 1.35. The fourth-order valence-electron chi connectivity index (χ4n) is 2.02. The number of carbonyl (C=O) groups is 1. The molecule has 0 spiro atoms. The van der Waals surface area contributed by atoms with E-state index in [1.165, 1.54) is 32.3 Å². The van der Waals surface area contributed by atoms with Gasteiger partial charge >= 0.3 is 0 Å². The highest BCUT2D eigenvalue weighted by Gasteiger charge is 2.16. The van der Waals surface area contributed by atoms with Crippen molar-refractivity contribution < 1.29 is 17.9 Å². The zero-order valence-electron chi connectivity index (χ0n) is 14.3. The lowest BCUT2D eigenvalue weighted by Crippen LogP contribution is -2.22. The van der Waals surface area contributed by atoms with Gasteiger partial charge in [0, 0.05) is 25.9 Å². The number of nitrogens with one attached hydrogen (secondary N) is 1. The molecule has 0 aromatic heterocycles. The summed E-state index contributed by atoms with van der Waals surface area (Å²) in [6, 6.07) is 13.3. The van der Waals surface area contributed by atoms with Crippen molar-refractivity contribution >= 4 is 27.7 Å². The van der Waals surface area contributed by atoms with Crippen LogP contribution < -0.4 is 10.1 Å². The third-order valence-corrected chi connectivity index (χ3v) is 5.25. The molecule has 25 heavy (non-hydrogen) atoms. The number of anilines is 1. The van der Waals surface area contributed by atoms with Gasteiger partial charge in [0.15, 0.2) is 0 Å². The molecule has 2 rings (SSSR count). The van der Waals surface area contributed by atoms with Crippen LogP contribution in [0.4, 0.5) is 5.69 Å². The van der Waals surface area contributed by atoms with E-state index >= 15 is 0 Å². The molecule has 2 aromatic rings. The summed E-state index contributed by atoms with van der Waals surface area (Å²) < 4.78 is 30.3. The Balaban J connectivity index is 2.04. The number of sulfonamides is 1. The fourth-order valence-corrected chi connectivity index (χ4v) is 2.92. The van der Waals surface area contributed by atoms with E-state index in [2.05, 4.69) is 5.32 Å². The Morgan fingerprint density at radius 2 is 1.80 bits per heavy atom. The Morgan fingerprint density at radius 1 is 1.12 bits per heavy atom. The number of ether oxygens (including phenoxy) is 1. The molecule has 1 amide bonds. The fraction of sp³-hybridized carbons (Fsp3) is 0.167. The average Bonchev–Trinajstić information content (AvgIpc) is 2.60. The first-order chi connectivity index (χ1) is 11.8. The van der Waals surface area contributed by atoms with Crippen LogP contribution in [0.25, 0.3) is 6.08 Å². The minimum Gasteiger partial charge on any atom is -0.497 e. The zero-order chi connectivity index (χ0) is 18.4. The molecule has 0 radical (unpaired) electrons. The number of hydrogen-bond acceptors (Lipinski definition) is 4. The second kappa shape index (κ2) is 7.96. The second-order valence-electron chi connectivity index (χ2n) is 5.41. The lowest BCUT2D eigenvalue weighted by molar-refractivity contribution is -0.111. The summed E-state index contributed by atoms with van der Waals surface area (Å²) in [5.74, 6) is 0.395. The minimum atomic E-state index is -3.48. The van der Waals surface area contributed by atoms with Gasteiger partial charge in [0.05, 0.1) is 12.0 Å². The predicted molar refractivity (Wildman–Crippen MR) is 98.0 cm³/mol. The van der Waals surface area contributed by atoms with Gasteiger partial charge in [-0.05, 0) is 48.0 Å². The van der Waals surface area contributed by atoms with Crippen LogP contribution >= 0.6 is 0 Å². The monoisotopic (exact) mass is 360 g/mol. The van der Waals surface area contributed by atoms with E-state index in [0.717, 1.165) is 9.87 Å². The Hall–Kier alpha value is -2.64. The van der Waals surface area contributed by atoms with Gasteiger partial charge in [-0.3, -0.25) is 4.79 Å². The van der Waals surface area contributed by atoms with Crippen molar-refractivity contribution in [3.8, 4) is 5.75 Å². The molecule has 0 fully saturated rings. The van der Waals surface area contributed by atoms with Crippen molar-refractivity contribution in [2.75, 3.05) is 26.5 Å². The minimum absolute atomic E-state index is 0.169. The van der Waals surface area contributed by atoms with Crippen molar-refractivity contribution in [1.29, 1.82) is 0 Å². The summed E-state index contributed by atoms with van der Waals surface area (Å²) in [7, 11) is 1.03. The molecule has 132 valence electrons. The second-order valence-corrected chi connectivity index (χ2v) is 7.56. The molecule has 7 heteroatoms. The van der Waals surface area contributed by atoms with Crippen molar-refractivity contribution in [2.45, 2.75) is 4.90 Å². The van der Waals surface area contributed by atoms with Crippen molar-refractivity contribution in [1.82, 2.24) is 4.31 Å². The third kappa shape index (κ3) is 4.91. The highest BCUT2D eigenvalue weighted by Crippen LogP contribution is 2.17.